The van der Waals surface area contributed by atoms with Crippen molar-refractivity contribution in [3.8, 4) is 0 Å². The third kappa shape index (κ3) is 5.47. The summed E-state index contributed by atoms with van der Waals surface area (Å²) in [6, 6.07) is 0. The Balaban J connectivity index is 3.88. The van der Waals surface area contributed by atoms with Gasteiger partial charge < -0.3 is 14.6 Å². The number of carboxylic acid groups (broad SMARTS) is 1. The van der Waals surface area contributed by atoms with Crippen LogP contribution < -0.4 is 0 Å². The normalized spacial score (nSPS) is 15.0. The van der Waals surface area contributed by atoms with E-state index in [0.717, 1.165) is 12.8 Å². The lowest BCUT2D eigenvalue weighted by atomic mass is 10.2. The van der Waals surface area contributed by atoms with Crippen molar-refractivity contribution >= 4 is 6.16 Å². The van der Waals surface area contributed by atoms with E-state index in [1.54, 1.807) is 6.92 Å². The molecule has 78 valence electrons. The van der Waals surface area contributed by atoms with Crippen LogP contribution in [0.25, 0.3) is 0 Å². The van der Waals surface area contributed by atoms with E-state index in [9.17, 15) is 4.79 Å². The van der Waals surface area contributed by atoms with Gasteiger partial charge >= 0.3 is 6.16 Å². The minimum atomic E-state index is -1.29. The molecule has 0 rings (SSSR count). The number of hydrogen-bond donors (Lipinski definition) is 1. The van der Waals surface area contributed by atoms with Gasteiger partial charge in [-0.1, -0.05) is 20.3 Å². The Morgan fingerprint density at radius 1 is 1.46 bits per heavy atom. The minimum absolute atomic E-state index is 0.517. The van der Waals surface area contributed by atoms with E-state index < -0.39 is 11.9 Å². The molecular weight excluding hydrogens is 172 g/mol. The Labute approximate surface area is 78.8 Å². The van der Waals surface area contributed by atoms with Gasteiger partial charge in [-0.15, -0.1) is 0 Å². The zero-order chi connectivity index (χ0) is 10.3. The fourth-order valence-corrected chi connectivity index (χ4v) is 0.821. The second kappa shape index (κ2) is 5.80. The molecule has 0 fully saturated rings. The lowest BCUT2D eigenvalue weighted by molar-refractivity contribution is -0.200. The van der Waals surface area contributed by atoms with Crippen LogP contribution in [0.15, 0.2) is 0 Å². The quantitative estimate of drug-likeness (QED) is 0.397. The third-order valence-corrected chi connectivity index (χ3v) is 1.85. The summed E-state index contributed by atoms with van der Waals surface area (Å²) in [4.78, 5) is 10.3. The van der Waals surface area contributed by atoms with Gasteiger partial charge in [-0.25, -0.2) is 4.79 Å². The van der Waals surface area contributed by atoms with E-state index in [-0.39, 0.29) is 0 Å². The molecule has 0 heterocycles. The predicted octanol–water partition coefficient (Wildman–Crippen LogP) is 2.62. The zero-order valence-corrected chi connectivity index (χ0v) is 8.50. The van der Waals surface area contributed by atoms with Crippen molar-refractivity contribution in [1.29, 1.82) is 0 Å². The van der Waals surface area contributed by atoms with Crippen molar-refractivity contribution in [3.05, 3.63) is 0 Å². The molecule has 0 bridgehead atoms. The molecule has 0 saturated heterocycles. The molecule has 0 aliphatic carbocycles. The second-order valence-electron chi connectivity index (χ2n) is 3.06. The van der Waals surface area contributed by atoms with Crippen molar-refractivity contribution in [1.82, 2.24) is 0 Å². The van der Waals surface area contributed by atoms with Crippen LogP contribution in [0, 0.1) is 0 Å². The van der Waals surface area contributed by atoms with Crippen LogP contribution >= 0.6 is 0 Å². The number of carbonyl (C=O) groups is 1. The highest BCUT2D eigenvalue weighted by molar-refractivity contribution is 5.57. The van der Waals surface area contributed by atoms with E-state index in [1.165, 1.54) is 0 Å². The van der Waals surface area contributed by atoms with Gasteiger partial charge in [0.2, 0.25) is 5.79 Å². The topological polar surface area (TPSA) is 55.8 Å². The van der Waals surface area contributed by atoms with Gasteiger partial charge in [-0.05, 0) is 6.42 Å². The molecule has 1 unspecified atom stereocenters. The maximum absolute atomic E-state index is 10.3. The fraction of sp³-hybridized carbons (Fsp3) is 0.889. The van der Waals surface area contributed by atoms with E-state index in [4.69, 9.17) is 9.84 Å². The van der Waals surface area contributed by atoms with E-state index >= 15 is 0 Å². The van der Waals surface area contributed by atoms with Crippen molar-refractivity contribution in [2.24, 2.45) is 0 Å². The van der Waals surface area contributed by atoms with Gasteiger partial charge in [0, 0.05) is 13.3 Å². The molecular formula is C9H18O4. The third-order valence-electron chi connectivity index (χ3n) is 1.85. The van der Waals surface area contributed by atoms with Crippen LogP contribution in [0.3, 0.4) is 0 Å². The highest BCUT2D eigenvalue weighted by Crippen LogP contribution is 2.17. The van der Waals surface area contributed by atoms with Gasteiger partial charge in [0.15, 0.2) is 0 Å². The largest absolute Gasteiger partial charge is 0.508 e. The molecule has 4 heteroatoms. The lowest BCUT2D eigenvalue weighted by Gasteiger charge is -2.26. The molecule has 0 aromatic rings. The van der Waals surface area contributed by atoms with E-state index in [0.29, 0.717) is 13.0 Å². The molecule has 0 spiro atoms. The zero-order valence-electron chi connectivity index (χ0n) is 8.50. The average Bonchev–Trinajstić information content (AvgIpc) is 2.04. The Kier molecular flexibility index (Phi) is 5.46. The number of unbranched alkanes of at least 4 members (excludes halogenated alkanes) is 1. The van der Waals surface area contributed by atoms with Crippen molar-refractivity contribution in [2.75, 3.05) is 6.61 Å². The first-order valence-electron chi connectivity index (χ1n) is 4.60. The van der Waals surface area contributed by atoms with Gasteiger partial charge in [0.25, 0.3) is 0 Å². The van der Waals surface area contributed by atoms with Crippen LogP contribution in [-0.4, -0.2) is 23.7 Å². The van der Waals surface area contributed by atoms with Crippen LogP contribution in [-0.2, 0) is 9.47 Å². The van der Waals surface area contributed by atoms with Crippen molar-refractivity contribution in [3.63, 3.8) is 0 Å². The summed E-state index contributed by atoms with van der Waals surface area (Å²) < 4.78 is 9.95. The van der Waals surface area contributed by atoms with Gasteiger partial charge in [0.05, 0.1) is 6.61 Å². The molecule has 1 N–H and O–H groups in total. The van der Waals surface area contributed by atoms with Gasteiger partial charge in [-0.2, -0.15) is 0 Å². The summed E-state index contributed by atoms with van der Waals surface area (Å²) in [5.74, 6) is -0.985. The monoisotopic (exact) mass is 190 g/mol. The molecule has 0 aliphatic heterocycles. The first kappa shape index (κ1) is 12.2. The van der Waals surface area contributed by atoms with Crippen molar-refractivity contribution in [2.45, 2.75) is 45.8 Å². The molecule has 4 nitrogen and oxygen atoms in total. The van der Waals surface area contributed by atoms with Crippen LogP contribution in [0.5, 0.6) is 0 Å². The molecule has 1 atom stereocenters. The number of hydrogen-bond acceptors (Lipinski definition) is 3. The Morgan fingerprint density at radius 2 is 2.08 bits per heavy atom. The highest BCUT2D eigenvalue weighted by Gasteiger charge is 2.27. The summed E-state index contributed by atoms with van der Waals surface area (Å²) in [5, 5.41) is 8.43. The van der Waals surface area contributed by atoms with Gasteiger partial charge in [0.1, 0.15) is 0 Å². The van der Waals surface area contributed by atoms with Crippen LogP contribution in [0.2, 0.25) is 0 Å². The minimum Gasteiger partial charge on any atom is -0.450 e. The van der Waals surface area contributed by atoms with Crippen LogP contribution in [0.1, 0.15) is 40.0 Å². The molecule has 0 aliphatic rings. The van der Waals surface area contributed by atoms with Gasteiger partial charge in [-0.3, -0.25) is 0 Å². The lowest BCUT2D eigenvalue weighted by Crippen LogP contribution is -2.34. The molecule has 0 radical (unpaired) electrons. The molecule has 0 aromatic carbocycles. The first-order chi connectivity index (χ1) is 6.04. The first-order valence-corrected chi connectivity index (χ1v) is 4.60. The Hall–Kier alpha value is -0.770. The smallest absolute Gasteiger partial charge is 0.450 e. The molecule has 0 amide bonds. The average molecular weight is 190 g/mol. The SMILES string of the molecule is CCCCOC(C)(CC)OC(=O)O. The summed E-state index contributed by atoms with van der Waals surface area (Å²) in [7, 11) is 0. The highest BCUT2D eigenvalue weighted by atomic mass is 16.8. The van der Waals surface area contributed by atoms with Crippen LogP contribution in [0.4, 0.5) is 4.79 Å². The fourth-order valence-electron chi connectivity index (χ4n) is 0.821. The number of rotatable bonds is 6. The second-order valence-corrected chi connectivity index (χ2v) is 3.06. The summed E-state index contributed by atoms with van der Waals surface area (Å²) >= 11 is 0. The van der Waals surface area contributed by atoms with E-state index in [2.05, 4.69) is 4.74 Å². The van der Waals surface area contributed by atoms with E-state index in [1.807, 2.05) is 13.8 Å². The van der Waals surface area contributed by atoms with Crippen molar-refractivity contribution < 1.29 is 19.4 Å². The summed E-state index contributed by atoms with van der Waals surface area (Å²) in [5.41, 5.74) is 0. The molecule has 0 saturated carbocycles. The molecule has 0 aromatic heterocycles. The molecule has 13 heavy (non-hydrogen) atoms. The Bertz CT molecular complexity index is 158. The standard InChI is InChI=1S/C9H18O4/c1-4-6-7-12-9(3,5-2)13-8(10)11/h4-7H2,1-3H3,(H,10,11). The maximum Gasteiger partial charge on any atom is 0.508 e. The summed E-state index contributed by atoms with van der Waals surface area (Å²) in [6.07, 6.45) is 1.16. The predicted molar refractivity (Wildman–Crippen MR) is 48.7 cm³/mol. The number of ether oxygens (including phenoxy) is 2. The maximum atomic E-state index is 10.3. The summed E-state index contributed by atoms with van der Waals surface area (Å²) in [6.45, 7) is 6.05. The Morgan fingerprint density at radius 3 is 2.46 bits per heavy atom.